The van der Waals surface area contributed by atoms with Gasteiger partial charge >= 0.3 is 0 Å². The van der Waals surface area contributed by atoms with Crippen LogP contribution in [0.3, 0.4) is 0 Å². The van der Waals surface area contributed by atoms with Gasteiger partial charge in [-0.05, 0) is 85.3 Å². The van der Waals surface area contributed by atoms with E-state index in [9.17, 15) is 15.0 Å². The third-order valence-electron chi connectivity index (χ3n) is 8.05. The highest BCUT2D eigenvalue weighted by Gasteiger charge is 2.37. The van der Waals surface area contributed by atoms with E-state index in [0.29, 0.717) is 18.1 Å². The summed E-state index contributed by atoms with van der Waals surface area (Å²) in [6.07, 6.45) is 2.37. The molecule has 3 aromatic rings. The fraction of sp³-hybridized carbons (Fsp3) is 0.400. The number of ether oxygens (including phenoxy) is 2. The first-order valence-electron chi connectivity index (χ1n) is 14.8. The van der Waals surface area contributed by atoms with Gasteiger partial charge < -0.3 is 25.0 Å². The van der Waals surface area contributed by atoms with E-state index >= 15 is 0 Å². The van der Waals surface area contributed by atoms with E-state index < -0.39 is 24.4 Å². The normalized spacial score (nSPS) is 22.3. The zero-order valence-corrected chi connectivity index (χ0v) is 24.6. The van der Waals surface area contributed by atoms with Crippen molar-refractivity contribution in [3.05, 3.63) is 94.0 Å². The molecule has 6 nitrogen and oxygen atoms in total. The Bertz CT molecular complexity index is 1410. The maximum atomic E-state index is 12.4. The van der Waals surface area contributed by atoms with Gasteiger partial charge in [-0.15, -0.1) is 0 Å². The largest absolute Gasteiger partial charge is 0.494 e. The summed E-state index contributed by atoms with van der Waals surface area (Å²) in [7, 11) is 0. The molecule has 0 radical (unpaired) electrons. The van der Waals surface area contributed by atoms with E-state index in [0.717, 1.165) is 59.4 Å². The van der Waals surface area contributed by atoms with Gasteiger partial charge in [0.05, 0.1) is 24.9 Å². The van der Waals surface area contributed by atoms with Gasteiger partial charge in [0.15, 0.2) is 0 Å². The van der Waals surface area contributed by atoms with Gasteiger partial charge in [-0.25, -0.2) is 0 Å². The first-order chi connectivity index (χ1) is 20.4. The summed E-state index contributed by atoms with van der Waals surface area (Å²) >= 11 is 6.54. The number of amides is 1. The van der Waals surface area contributed by atoms with Crippen molar-refractivity contribution in [2.75, 3.05) is 11.9 Å². The average molecular weight is 588 g/mol. The summed E-state index contributed by atoms with van der Waals surface area (Å²) in [5.41, 5.74) is 4.53. The molecule has 1 amide bonds. The average Bonchev–Trinajstić information content (AvgIpc) is 3.54. The Hall–Kier alpha value is -3.34. The summed E-state index contributed by atoms with van der Waals surface area (Å²) in [5, 5.41) is 25.0. The Kier molecular flexibility index (Phi) is 10.2. The van der Waals surface area contributed by atoms with Crippen LogP contribution in [0.2, 0.25) is 5.02 Å². The van der Waals surface area contributed by atoms with Gasteiger partial charge in [0.25, 0.3) is 0 Å². The number of hydrogen-bond donors (Lipinski definition) is 3. The van der Waals surface area contributed by atoms with Crippen LogP contribution in [0.15, 0.2) is 66.7 Å². The van der Waals surface area contributed by atoms with Crippen molar-refractivity contribution in [3.63, 3.8) is 0 Å². The van der Waals surface area contributed by atoms with Gasteiger partial charge in [-0.2, -0.15) is 0 Å². The predicted molar refractivity (Wildman–Crippen MR) is 165 cm³/mol. The number of rotatable bonds is 8. The first kappa shape index (κ1) is 30.1. The van der Waals surface area contributed by atoms with Gasteiger partial charge in [0.2, 0.25) is 5.91 Å². The number of aliphatic hydroxyl groups excluding tert-OH is 2. The summed E-state index contributed by atoms with van der Waals surface area (Å²) in [6, 6.07) is 21.2. The van der Waals surface area contributed by atoms with E-state index in [1.807, 2.05) is 73.7 Å². The minimum atomic E-state index is -1.03. The van der Waals surface area contributed by atoms with Crippen LogP contribution in [0, 0.1) is 17.8 Å². The number of nitrogens with one attached hydrogen (secondary N) is 1. The monoisotopic (exact) mass is 587 g/mol. The zero-order valence-electron chi connectivity index (χ0n) is 23.9. The Morgan fingerprint density at radius 2 is 1.79 bits per heavy atom. The summed E-state index contributed by atoms with van der Waals surface area (Å²) < 4.78 is 11.8. The van der Waals surface area contributed by atoms with Crippen LogP contribution in [-0.2, 0) is 16.0 Å². The molecule has 1 saturated carbocycles. The van der Waals surface area contributed by atoms with Gasteiger partial charge in [-0.1, -0.05) is 60.5 Å². The molecule has 7 heteroatoms. The number of carbonyl (C=O) groups excluding carboxylic acids is 1. The molecule has 0 aromatic heterocycles. The van der Waals surface area contributed by atoms with Crippen molar-refractivity contribution in [2.24, 2.45) is 5.92 Å². The second-order valence-corrected chi connectivity index (χ2v) is 11.5. The molecule has 0 bridgehead atoms. The number of aliphatic hydroxyl groups is 2. The van der Waals surface area contributed by atoms with E-state index in [4.69, 9.17) is 21.1 Å². The van der Waals surface area contributed by atoms with E-state index in [-0.39, 0.29) is 24.7 Å². The molecule has 42 heavy (non-hydrogen) atoms. The minimum absolute atomic E-state index is 0.0897. The second-order valence-electron chi connectivity index (χ2n) is 11.1. The van der Waals surface area contributed by atoms with E-state index in [1.54, 1.807) is 0 Å². The Balaban J connectivity index is 1.21. The number of halogens is 1. The number of benzene rings is 3. The van der Waals surface area contributed by atoms with E-state index in [2.05, 4.69) is 17.2 Å². The van der Waals surface area contributed by atoms with Crippen molar-refractivity contribution in [1.82, 2.24) is 0 Å². The molecule has 2 fully saturated rings. The zero-order chi connectivity index (χ0) is 29.5. The minimum Gasteiger partial charge on any atom is -0.494 e. The topological polar surface area (TPSA) is 88.0 Å². The van der Waals surface area contributed by atoms with Crippen molar-refractivity contribution >= 4 is 23.2 Å². The molecule has 4 atom stereocenters. The predicted octanol–water partition coefficient (Wildman–Crippen LogP) is 6.45. The van der Waals surface area contributed by atoms with Crippen LogP contribution >= 0.6 is 11.6 Å². The van der Waals surface area contributed by atoms with Crippen LogP contribution < -0.4 is 10.1 Å². The second kappa shape index (κ2) is 14.2. The molecule has 4 unspecified atom stereocenters. The molecule has 3 aromatic carbocycles. The SMILES string of the molecule is CCOc1ccc(Cc2cc(C3CC(O)C(O)C(CC#Cc4ccc(NC(=O)C5CCCC5)cc4)O3)ccc2Cl)cc1. The van der Waals surface area contributed by atoms with Gasteiger partial charge in [0.1, 0.15) is 11.9 Å². The van der Waals surface area contributed by atoms with Crippen molar-refractivity contribution < 1.29 is 24.5 Å². The fourth-order valence-corrected chi connectivity index (χ4v) is 5.86. The number of anilines is 1. The molecule has 5 rings (SSSR count). The quantitative estimate of drug-likeness (QED) is 0.264. The molecule has 1 aliphatic carbocycles. The number of hydrogen-bond acceptors (Lipinski definition) is 5. The molecule has 2 aliphatic rings. The third kappa shape index (κ3) is 7.73. The van der Waals surface area contributed by atoms with E-state index in [1.165, 1.54) is 0 Å². The molecule has 220 valence electrons. The maximum Gasteiger partial charge on any atom is 0.227 e. The van der Waals surface area contributed by atoms with Crippen LogP contribution in [0.4, 0.5) is 5.69 Å². The highest BCUT2D eigenvalue weighted by molar-refractivity contribution is 6.31. The standard InChI is InChI=1S/C35H38ClNO5/c1-2-41-29-17-12-24(13-18-29)20-27-21-26(14-19-30(27)36)33-22-31(38)34(39)32(42-33)9-5-6-23-10-15-28(16-11-23)37-35(40)25-7-3-4-8-25/h10-19,21,25,31-34,38-39H,2-4,7-9,20,22H2,1H3,(H,37,40). The summed E-state index contributed by atoms with van der Waals surface area (Å²) in [5.74, 6) is 7.25. The maximum absolute atomic E-state index is 12.4. The Morgan fingerprint density at radius 3 is 2.50 bits per heavy atom. The lowest BCUT2D eigenvalue weighted by molar-refractivity contribution is -0.168. The highest BCUT2D eigenvalue weighted by Crippen LogP contribution is 2.35. The number of carbonyl (C=O) groups is 1. The Labute approximate surface area is 253 Å². The fourth-order valence-electron chi connectivity index (χ4n) is 5.68. The molecule has 0 spiro atoms. The molecule has 1 heterocycles. The lowest BCUT2D eigenvalue weighted by atomic mass is 9.91. The van der Waals surface area contributed by atoms with Crippen LogP contribution in [0.25, 0.3) is 0 Å². The van der Waals surface area contributed by atoms with Crippen molar-refractivity contribution in [3.8, 4) is 17.6 Å². The first-order valence-corrected chi connectivity index (χ1v) is 15.2. The van der Waals surface area contributed by atoms with Crippen LogP contribution in [0.5, 0.6) is 5.75 Å². The van der Waals surface area contributed by atoms with Gasteiger partial charge in [0, 0.05) is 35.0 Å². The summed E-state index contributed by atoms with van der Waals surface area (Å²) in [4.78, 5) is 12.4. The van der Waals surface area contributed by atoms with Crippen LogP contribution in [-0.4, -0.2) is 41.0 Å². The van der Waals surface area contributed by atoms with Gasteiger partial charge in [-0.3, -0.25) is 4.79 Å². The molecular formula is C35H38ClNO5. The molecular weight excluding hydrogens is 550 g/mol. The van der Waals surface area contributed by atoms with Crippen molar-refractivity contribution in [2.45, 2.75) is 76.3 Å². The van der Waals surface area contributed by atoms with Crippen LogP contribution in [0.1, 0.15) is 73.8 Å². The Morgan fingerprint density at radius 1 is 1.05 bits per heavy atom. The molecule has 3 N–H and O–H groups in total. The lowest BCUT2D eigenvalue weighted by Gasteiger charge is -2.37. The smallest absolute Gasteiger partial charge is 0.227 e. The van der Waals surface area contributed by atoms with Crippen molar-refractivity contribution in [1.29, 1.82) is 0 Å². The summed E-state index contributed by atoms with van der Waals surface area (Å²) in [6.45, 7) is 2.58. The third-order valence-corrected chi connectivity index (χ3v) is 8.42. The highest BCUT2D eigenvalue weighted by atomic mass is 35.5. The lowest BCUT2D eigenvalue weighted by Crippen LogP contribution is -2.45. The molecule has 1 saturated heterocycles. The molecule has 1 aliphatic heterocycles.